The third kappa shape index (κ3) is 5.12. The van der Waals surface area contributed by atoms with Crippen molar-refractivity contribution in [3.05, 3.63) is 92.6 Å². The highest BCUT2D eigenvalue weighted by molar-refractivity contribution is 14.1. The number of rotatable bonds is 6. The van der Waals surface area contributed by atoms with Crippen molar-refractivity contribution in [1.82, 2.24) is 4.57 Å². The summed E-state index contributed by atoms with van der Waals surface area (Å²) < 4.78 is 13.6. The van der Waals surface area contributed by atoms with Crippen LogP contribution in [0.15, 0.2) is 57.5 Å². The molecule has 0 N–H and O–H groups in total. The summed E-state index contributed by atoms with van der Waals surface area (Å²) in [5.41, 5.74) is 2.93. The van der Waals surface area contributed by atoms with Gasteiger partial charge in [-0.15, -0.1) is 0 Å². The SMILES string of the molecule is CCOC(=O)C1=C(C)N=c2s/c(=C\c3cc(Cl)cc(I)c3OCC#N)c(=O)n2[C@@H]1c1ccc(C)cc1. The number of carbonyl (C=O) groups is 1. The van der Waals surface area contributed by atoms with Crippen LogP contribution in [0.2, 0.25) is 5.02 Å². The van der Waals surface area contributed by atoms with Crippen LogP contribution in [0.5, 0.6) is 5.75 Å². The van der Waals surface area contributed by atoms with E-state index >= 15 is 0 Å². The fourth-order valence-corrected chi connectivity index (χ4v) is 6.19. The zero-order valence-electron chi connectivity index (χ0n) is 19.7. The first-order chi connectivity index (χ1) is 17.2. The van der Waals surface area contributed by atoms with Crippen molar-refractivity contribution < 1.29 is 14.3 Å². The molecule has 3 aromatic rings. The average molecular weight is 634 g/mol. The van der Waals surface area contributed by atoms with Gasteiger partial charge < -0.3 is 9.47 Å². The van der Waals surface area contributed by atoms with Gasteiger partial charge in [0.05, 0.1) is 32.0 Å². The van der Waals surface area contributed by atoms with Crippen molar-refractivity contribution in [1.29, 1.82) is 5.26 Å². The van der Waals surface area contributed by atoms with Gasteiger partial charge in [0.25, 0.3) is 5.56 Å². The summed E-state index contributed by atoms with van der Waals surface area (Å²) in [6, 6.07) is 12.4. The highest BCUT2D eigenvalue weighted by Gasteiger charge is 2.33. The van der Waals surface area contributed by atoms with Crippen LogP contribution in [-0.4, -0.2) is 23.8 Å². The predicted molar refractivity (Wildman–Crippen MR) is 147 cm³/mol. The number of hydrogen-bond donors (Lipinski definition) is 0. The minimum atomic E-state index is -0.683. The van der Waals surface area contributed by atoms with Crippen LogP contribution in [0.1, 0.15) is 36.6 Å². The van der Waals surface area contributed by atoms with E-state index in [1.165, 1.54) is 15.9 Å². The van der Waals surface area contributed by atoms with Gasteiger partial charge in [0.1, 0.15) is 11.8 Å². The fourth-order valence-electron chi connectivity index (χ4n) is 3.94. The summed E-state index contributed by atoms with van der Waals surface area (Å²) in [4.78, 5) is 31.8. The lowest BCUT2D eigenvalue weighted by atomic mass is 9.95. The molecule has 4 rings (SSSR count). The van der Waals surface area contributed by atoms with Crippen LogP contribution in [0.3, 0.4) is 0 Å². The van der Waals surface area contributed by atoms with E-state index in [0.717, 1.165) is 11.1 Å². The number of allylic oxidation sites excluding steroid dienone is 1. The third-order valence-electron chi connectivity index (χ3n) is 5.51. The van der Waals surface area contributed by atoms with E-state index in [4.69, 9.17) is 26.3 Å². The van der Waals surface area contributed by atoms with Crippen LogP contribution >= 0.6 is 45.5 Å². The Kier molecular flexibility index (Phi) is 7.97. The molecule has 0 saturated carbocycles. The van der Waals surface area contributed by atoms with E-state index in [-0.39, 0.29) is 18.8 Å². The van der Waals surface area contributed by atoms with E-state index in [2.05, 4.69) is 27.6 Å². The smallest absolute Gasteiger partial charge is 0.338 e. The van der Waals surface area contributed by atoms with E-state index in [0.29, 0.717) is 40.5 Å². The van der Waals surface area contributed by atoms with Crippen molar-refractivity contribution in [3.8, 4) is 11.8 Å². The molecule has 184 valence electrons. The summed E-state index contributed by atoms with van der Waals surface area (Å²) in [5.74, 6) is -0.0407. The number of nitrogens with zero attached hydrogens (tertiary/aromatic N) is 3. The maximum Gasteiger partial charge on any atom is 0.338 e. The Morgan fingerprint density at radius 3 is 2.69 bits per heavy atom. The number of benzene rings is 2. The first-order valence-corrected chi connectivity index (χ1v) is 13.3. The summed E-state index contributed by atoms with van der Waals surface area (Å²) in [5, 5.41) is 9.45. The predicted octanol–water partition coefficient (Wildman–Crippen LogP) is 4.27. The first kappa shape index (κ1) is 26.1. The number of carbonyl (C=O) groups excluding carboxylic acids is 1. The summed E-state index contributed by atoms with van der Waals surface area (Å²) in [6.07, 6.45) is 1.68. The lowest BCUT2D eigenvalue weighted by Crippen LogP contribution is -2.39. The molecule has 1 aromatic heterocycles. The van der Waals surface area contributed by atoms with Gasteiger partial charge in [-0.1, -0.05) is 52.8 Å². The topological polar surface area (TPSA) is 93.7 Å². The Labute approximate surface area is 230 Å². The number of fused-ring (bicyclic) bond motifs is 1. The summed E-state index contributed by atoms with van der Waals surface area (Å²) >= 11 is 9.57. The Bertz CT molecular complexity index is 1600. The van der Waals surface area contributed by atoms with Crippen molar-refractivity contribution in [2.24, 2.45) is 4.99 Å². The van der Waals surface area contributed by atoms with Crippen LogP contribution in [0.4, 0.5) is 0 Å². The lowest BCUT2D eigenvalue weighted by molar-refractivity contribution is -0.139. The Morgan fingerprint density at radius 2 is 2.03 bits per heavy atom. The van der Waals surface area contributed by atoms with E-state index in [1.807, 2.05) is 37.3 Å². The second kappa shape index (κ2) is 11.0. The highest BCUT2D eigenvalue weighted by Crippen LogP contribution is 2.32. The molecule has 7 nitrogen and oxygen atoms in total. The summed E-state index contributed by atoms with van der Waals surface area (Å²) in [7, 11) is 0. The van der Waals surface area contributed by atoms with Crippen molar-refractivity contribution >= 4 is 57.6 Å². The molecular formula is C26H21ClIN3O4S. The Morgan fingerprint density at radius 1 is 1.31 bits per heavy atom. The fraction of sp³-hybridized carbons (Fsp3) is 0.231. The van der Waals surface area contributed by atoms with Crippen LogP contribution in [0, 0.1) is 21.8 Å². The third-order valence-corrected chi connectivity index (χ3v) is 7.52. The molecule has 0 saturated heterocycles. The number of esters is 1. The van der Waals surface area contributed by atoms with Gasteiger partial charge >= 0.3 is 5.97 Å². The normalized spacial score (nSPS) is 15.2. The Balaban J connectivity index is 1.96. The minimum absolute atomic E-state index is 0.144. The number of hydrogen-bond acceptors (Lipinski definition) is 7. The largest absolute Gasteiger partial charge is 0.477 e. The van der Waals surface area contributed by atoms with Gasteiger partial charge in [-0.3, -0.25) is 9.36 Å². The lowest BCUT2D eigenvalue weighted by Gasteiger charge is -2.24. The monoisotopic (exact) mass is 633 g/mol. The number of thiazole rings is 1. The zero-order chi connectivity index (χ0) is 26.0. The maximum absolute atomic E-state index is 13.8. The molecule has 1 aliphatic heterocycles. The highest BCUT2D eigenvalue weighted by atomic mass is 127. The summed E-state index contributed by atoms with van der Waals surface area (Å²) in [6.45, 7) is 5.52. The Hall–Kier alpha value is -2.94. The standard InChI is InChI=1S/C26H21ClIN3O4S/c1-4-34-25(33)21-15(3)30-26-31(22(21)16-7-5-14(2)6-8-16)24(32)20(36-26)12-17-11-18(27)13-19(28)23(17)35-10-9-29/h5-8,11-13,22H,4,10H2,1-3H3/b20-12-/t22-/m1/s1. The number of aryl methyl sites for hydroxylation is 1. The van der Waals surface area contributed by atoms with Crippen molar-refractivity contribution in [2.75, 3.05) is 13.2 Å². The maximum atomic E-state index is 13.8. The molecule has 1 aliphatic rings. The van der Waals surface area contributed by atoms with Crippen LogP contribution < -0.4 is 19.6 Å². The van der Waals surface area contributed by atoms with Gasteiger partial charge in [0, 0.05) is 10.6 Å². The molecule has 0 fully saturated rings. The zero-order valence-corrected chi connectivity index (χ0v) is 23.4. The van der Waals surface area contributed by atoms with Gasteiger partial charge in [-0.05, 0) is 67.1 Å². The van der Waals surface area contributed by atoms with Gasteiger partial charge in [-0.25, -0.2) is 9.79 Å². The van der Waals surface area contributed by atoms with Crippen LogP contribution in [-0.2, 0) is 9.53 Å². The molecule has 2 heterocycles. The molecule has 10 heteroatoms. The number of nitriles is 1. The molecule has 1 atom stereocenters. The molecule has 0 spiro atoms. The van der Waals surface area contributed by atoms with Gasteiger partial charge in [0.2, 0.25) is 0 Å². The van der Waals surface area contributed by atoms with Gasteiger partial charge in [-0.2, -0.15) is 5.26 Å². The second-order valence-electron chi connectivity index (χ2n) is 7.97. The number of aromatic nitrogens is 1. The molecule has 0 unspecified atom stereocenters. The van der Waals surface area contributed by atoms with Crippen molar-refractivity contribution in [3.63, 3.8) is 0 Å². The van der Waals surface area contributed by atoms with E-state index in [9.17, 15) is 9.59 Å². The molecule has 0 aliphatic carbocycles. The molecule has 2 aromatic carbocycles. The quantitative estimate of drug-likeness (QED) is 0.299. The van der Waals surface area contributed by atoms with E-state index in [1.54, 1.807) is 32.1 Å². The van der Waals surface area contributed by atoms with Gasteiger partial charge in [0.15, 0.2) is 11.4 Å². The van der Waals surface area contributed by atoms with Crippen molar-refractivity contribution in [2.45, 2.75) is 26.8 Å². The molecule has 36 heavy (non-hydrogen) atoms. The second-order valence-corrected chi connectivity index (χ2v) is 10.6. The molecular weight excluding hydrogens is 613 g/mol. The molecule has 0 radical (unpaired) electrons. The molecule has 0 bridgehead atoms. The minimum Gasteiger partial charge on any atom is -0.477 e. The average Bonchev–Trinajstić information content (AvgIpc) is 3.12. The first-order valence-electron chi connectivity index (χ1n) is 11.0. The molecule has 0 amide bonds. The number of ether oxygens (including phenoxy) is 2. The number of halogens is 2. The van der Waals surface area contributed by atoms with E-state index < -0.39 is 12.0 Å². The van der Waals surface area contributed by atoms with Crippen LogP contribution in [0.25, 0.3) is 6.08 Å².